The quantitative estimate of drug-likeness (QED) is 0.354. The number of aliphatic imine (C=N–C) groups is 1. The van der Waals surface area contributed by atoms with Gasteiger partial charge in [0.1, 0.15) is 0 Å². The number of aromatic amines is 1. The Bertz CT molecular complexity index is 525. The van der Waals surface area contributed by atoms with Crippen LogP contribution in [0.4, 0.5) is 5.69 Å². The molecule has 96 valence electrons. The van der Waals surface area contributed by atoms with Gasteiger partial charge in [-0.3, -0.25) is 4.99 Å². The largest absolute Gasteiger partial charge is 0.385 e. The molecule has 0 saturated carbocycles. The first kappa shape index (κ1) is 12.3. The van der Waals surface area contributed by atoms with Gasteiger partial charge in [0.15, 0.2) is 5.96 Å². The molecule has 0 unspecified atom stereocenters. The van der Waals surface area contributed by atoms with Crippen LogP contribution in [0.3, 0.4) is 0 Å². The lowest BCUT2D eigenvalue weighted by molar-refractivity contribution is 0.774. The fourth-order valence-electron chi connectivity index (χ4n) is 1.84. The van der Waals surface area contributed by atoms with Gasteiger partial charge in [-0.1, -0.05) is 0 Å². The van der Waals surface area contributed by atoms with E-state index < -0.39 is 0 Å². The van der Waals surface area contributed by atoms with Crippen molar-refractivity contribution >= 4 is 22.5 Å². The number of nitrogens with two attached hydrogens (primary N) is 2. The number of nitrogens with zero attached hydrogens (tertiary/aromatic N) is 1. The Balaban J connectivity index is 1.74. The third kappa shape index (κ3) is 3.41. The number of aromatic nitrogens is 1. The number of nitrogens with one attached hydrogen (secondary N) is 2. The fraction of sp³-hybridized carbons (Fsp3) is 0.308. The maximum atomic E-state index is 5.25. The second-order valence-electron chi connectivity index (χ2n) is 4.22. The van der Waals surface area contributed by atoms with Gasteiger partial charge in [0.05, 0.1) is 0 Å². The summed E-state index contributed by atoms with van der Waals surface area (Å²) in [5, 5.41) is 4.61. The first-order valence-electron chi connectivity index (χ1n) is 6.12. The molecule has 2 rings (SSSR count). The van der Waals surface area contributed by atoms with E-state index in [9.17, 15) is 0 Å². The third-order valence-corrected chi connectivity index (χ3v) is 2.76. The summed E-state index contributed by atoms with van der Waals surface area (Å²) in [6.45, 7) is 1.62. The van der Waals surface area contributed by atoms with Crippen LogP contribution in [-0.4, -0.2) is 24.0 Å². The normalized spacial score (nSPS) is 10.4. The molecule has 0 aliphatic heterocycles. The third-order valence-electron chi connectivity index (χ3n) is 2.76. The molecule has 0 aliphatic carbocycles. The van der Waals surface area contributed by atoms with Crippen LogP contribution in [0.2, 0.25) is 0 Å². The summed E-state index contributed by atoms with van der Waals surface area (Å²) in [6.07, 6.45) is 3.98. The molecular weight excluding hydrogens is 226 g/mol. The summed E-state index contributed by atoms with van der Waals surface area (Å²) < 4.78 is 0. The first-order chi connectivity index (χ1) is 8.75. The van der Waals surface area contributed by atoms with Crippen LogP contribution in [0, 0.1) is 0 Å². The van der Waals surface area contributed by atoms with E-state index in [0.29, 0.717) is 6.54 Å². The van der Waals surface area contributed by atoms with Crippen molar-refractivity contribution in [1.82, 2.24) is 4.98 Å². The summed E-state index contributed by atoms with van der Waals surface area (Å²) in [7, 11) is 0. The Kier molecular flexibility index (Phi) is 4.06. The Morgan fingerprint density at radius 2 is 2.11 bits per heavy atom. The van der Waals surface area contributed by atoms with Crippen LogP contribution in [0.25, 0.3) is 10.9 Å². The lowest BCUT2D eigenvalue weighted by atomic mass is 10.2. The minimum atomic E-state index is 0.167. The molecule has 5 nitrogen and oxygen atoms in total. The fourth-order valence-corrected chi connectivity index (χ4v) is 1.84. The van der Waals surface area contributed by atoms with Crippen molar-refractivity contribution in [2.24, 2.45) is 16.5 Å². The zero-order chi connectivity index (χ0) is 12.8. The molecule has 1 aromatic heterocycles. The molecule has 0 aliphatic rings. The molecule has 1 aromatic carbocycles. The molecule has 0 spiro atoms. The summed E-state index contributed by atoms with van der Waals surface area (Å²) >= 11 is 0. The van der Waals surface area contributed by atoms with Gasteiger partial charge in [-0.2, -0.15) is 0 Å². The monoisotopic (exact) mass is 245 g/mol. The second-order valence-corrected chi connectivity index (χ2v) is 4.22. The van der Waals surface area contributed by atoms with Crippen molar-refractivity contribution in [2.75, 3.05) is 18.4 Å². The van der Waals surface area contributed by atoms with Gasteiger partial charge in [0, 0.05) is 35.9 Å². The van der Waals surface area contributed by atoms with Gasteiger partial charge < -0.3 is 21.8 Å². The summed E-state index contributed by atoms with van der Waals surface area (Å²) in [4.78, 5) is 7.12. The van der Waals surface area contributed by atoms with Crippen LogP contribution in [-0.2, 0) is 0 Å². The van der Waals surface area contributed by atoms with E-state index in [-0.39, 0.29) is 5.96 Å². The van der Waals surface area contributed by atoms with Gasteiger partial charge in [-0.25, -0.2) is 0 Å². The van der Waals surface area contributed by atoms with Crippen molar-refractivity contribution in [3.8, 4) is 0 Å². The van der Waals surface area contributed by atoms with Gasteiger partial charge in [-0.15, -0.1) is 0 Å². The first-order valence-corrected chi connectivity index (χ1v) is 6.12. The number of anilines is 1. The summed E-state index contributed by atoms with van der Waals surface area (Å²) in [5.74, 6) is 0.167. The summed E-state index contributed by atoms with van der Waals surface area (Å²) in [6, 6.07) is 8.37. The topological polar surface area (TPSA) is 92.2 Å². The highest BCUT2D eigenvalue weighted by Crippen LogP contribution is 2.17. The molecule has 6 N–H and O–H groups in total. The molecule has 1 heterocycles. The highest BCUT2D eigenvalue weighted by atomic mass is 15.0. The Morgan fingerprint density at radius 1 is 1.22 bits per heavy atom. The minimum Gasteiger partial charge on any atom is -0.385 e. The number of H-pyrrole nitrogens is 1. The summed E-state index contributed by atoms with van der Waals surface area (Å²) in [5.41, 5.74) is 12.8. The van der Waals surface area contributed by atoms with Gasteiger partial charge in [0.25, 0.3) is 0 Å². The molecule has 0 bridgehead atoms. The molecule has 0 amide bonds. The van der Waals surface area contributed by atoms with E-state index in [0.717, 1.165) is 30.6 Å². The average molecular weight is 245 g/mol. The lowest BCUT2D eigenvalue weighted by Crippen LogP contribution is -2.23. The van der Waals surface area contributed by atoms with Crippen LogP contribution >= 0.6 is 0 Å². The van der Waals surface area contributed by atoms with Crippen molar-refractivity contribution in [2.45, 2.75) is 12.8 Å². The van der Waals surface area contributed by atoms with E-state index >= 15 is 0 Å². The lowest BCUT2D eigenvalue weighted by Gasteiger charge is -2.05. The second kappa shape index (κ2) is 5.95. The van der Waals surface area contributed by atoms with Crippen LogP contribution in [0.5, 0.6) is 0 Å². The van der Waals surface area contributed by atoms with Crippen LogP contribution in [0.1, 0.15) is 12.8 Å². The van der Waals surface area contributed by atoms with E-state index in [1.807, 2.05) is 6.20 Å². The highest BCUT2D eigenvalue weighted by molar-refractivity contribution is 5.82. The number of benzene rings is 1. The Morgan fingerprint density at radius 3 is 2.94 bits per heavy atom. The van der Waals surface area contributed by atoms with Gasteiger partial charge in [0.2, 0.25) is 0 Å². The zero-order valence-corrected chi connectivity index (χ0v) is 10.3. The Hall–Kier alpha value is -2.17. The molecule has 0 saturated heterocycles. The number of unbranched alkanes of at least 4 members (excludes halogenated alkanes) is 1. The SMILES string of the molecule is NC(N)=NCCCCNc1ccc2[nH]ccc2c1. The van der Waals surface area contributed by atoms with Crippen LogP contribution < -0.4 is 16.8 Å². The minimum absolute atomic E-state index is 0.167. The smallest absolute Gasteiger partial charge is 0.185 e. The maximum absolute atomic E-state index is 5.25. The van der Waals surface area contributed by atoms with E-state index in [1.54, 1.807) is 0 Å². The zero-order valence-electron chi connectivity index (χ0n) is 10.3. The van der Waals surface area contributed by atoms with Crippen LogP contribution in [0.15, 0.2) is 35.5 Å². The van der Waals surface area contributed by atoms with Gasteiger partial charge >= 0.3 is 0 Å². The number of fused-ring (bicyclic) bond motifs is 1. The predicted octanol–water partition coefficient (Wildman–Crippen LogP) is 1.63. The average Bonchev–Trinajstić information content (AvgIpc) is 2.80. The molecule has 18 heavy (non-hydrogen) atoms. The van der Waals surface area contributed by atoms with Crippen molar-refractivity contribution in [1.29, 1.82) is 0 Å². The molecule has 0 radical (unpaired) electrons. The molecular formula is C13H19N5. The molecule has 0 atom stereocenters. The Labute approximate surface area is 106 Å². The maximum Gasteiger partial charge on any atom is 0.185 e. The standard InChI is InChI=1S/C13H19N5/c14-13(15)18-7-2-1-6-16-11-3-4-12-10(9-11)5-8-17-12/h3-5,8-9,16-17H,1-2,6-7H2,(H4,14,15,18). The van der Waals surface area contributed by atoms with E-state index in [2.05, 4.69) is 39.6 Å². The predicted molar refractivity (Wildman–Crippen MR) is 76.7 cm³/mol. The highest BCUT2D eigenvalue weighted by Gasteiger charge is 1.96. The molecule has 0 fully saturated rings. The van der Waals surface area contributed by atoms with E-state index in [4.69, 9.17) is 11.5 Å². The molecule has 2 aromatic rings. The number of rotatable bonds is 6. The number of hydrogen-bond acceptors (Lipinski definition) is 2. The van der Waals surface area contributed by atoms with E-state index in [1.165, 1.54) is 5.39 Å². The van der Waals surface area contributed by atoms with Gasteiger partial charge in [-0.05, 0) is 37.1 Å². The number of guanidine groups is 1. The van der Waals surface area contributed by atoms with Crippen molar-refractivity contribution in [3.63, 3.8) is 0 Å². The molecule has 5 heteroatoms. The van der Waals surface area contributed by atoms with Crippen molar-refractivity contribution < 1.29 is 0 Å². The van der Waals surface area contributed by atoms with Crippen molar-refractivity contribution in [3.05, 3.63) is 30.5 Å². The number of hydrogen-bond donors (Lipinski definition) is 4.